The molecule has 4 N–H and O–H groups in total. The number of nitrogens with one attached hydrogen (secondary N) is 1. The summed E-state index contributed by atoms with van der Waals surface area (Å²) in [7, 11) is 0. The van der Waals surface area contributed by atoms with E-state index in [0.29, 0.717) is 24.0 Å². The van der Waals surface area contributed by atoms with Gasteiger partial charge >= 0.3 is 0 Å². The van der Waals surface area contributed by atoms with E-state index in [2.05, 4.69) is 56.2 Å². The molecule has 1 amide bonds. The Morgan fingerprint density at radius 1 is 1.05 bits per heavy atom. The molecule has 1 saturated carbocycles. The normalized spacial score (nSPS) is 21.5. The van der Waals surface area contributed by atoms with E-state index in [-0.39, 0.29) is 30.5 Å². The van der Waals surface area contributed by atoms with Gasteiger partial charge in [0.25, 0.3) is 5.91 Å². The molecule has 37 heavy (non-hydrogen) atoms. The minimum Gasteiger partial charge on any atom is -0.392 e. The number of rotatable bonds is 8. The summed E-state index contributed by atoms with van der Waals surface area (Å²) in [5.41, 5.74) is 12.8. The van der Waals surface area contributed by atoms with Crippen LogP contribution in [-0.4, -0.2) is 28.1 Å². The van der Waals surface area contributed by atoms with Gasteiger partial charge < -0.3 is 20.9 Å². The maximum Gasteiger partial charge on any atom is 0.255 e. The SMILES string of the molecule is CCc1cc(COC2CC(C)C(C)CC2NC(=O)c2cc(-c3ccc(CO)cc3)cnc2N)ccc1C. The largest absolute Gasteiger partial charge is 0.392 e. The molecule has 6 heteroatoms. The van der Waals surface area contributed by atoms with Crippen LogP contribution in [0.5, 0.6) is 0 Å². The number of anilines is 1. The highest BCUT2D eigenvalue weighted by Crippen LogP contribution is 2.33. The molecule has 1 heterocycles. The third-order valence-corrected chi connectivity index (χ3v) is 7.86. The number of carbonyl (C=O) groups excluding carboxylic acids is 1. The fraction of sp³-hybridized carbons (Fsp3) is 0.419. The van der Waals surface area contributed by atoms with Gasteiger partial charge in [-0.2, -0.15) is 0 Å². The molecular formula is C31H39N3O3. The first kappa shape index (κ1) is 26.8. The van der Waals surface area contributed by atoms with Crippen molar-refractivity contribution >= 4 is 11.7 Å². The first-order valence-electron chi connectivity index (χ1n) is 13.3. The minimum atomic E-state index is -0.234. The van der Waals surface area contributed by atoms with Crippen molar-refractivity contribution in [1.82, 2.24) is 10.3 Å². The van der Waals surface area contributed by atoms with E-state index in [4.69, 9.17) is 10.5 Å². The first-order valence-corrected chi connectivity index (χ1v) is 13.3. The molecule has 6 nitrogen and oxygen atoms in total. The van der Waals surface area contributed by atoms with Gasteiger partial charge in [0, 0.05) is 11.8 Å². The molecule has 3 aromatic rings. The number of hydrogen-bond donors (Lipinski definition) is 3. The number of aromatic nitrogens is 1. The number of aryl methyl sites for hydroxylation is 2. The number of aliphatic hydroxyl groups is 1. The van der Waals surface area contributed by atoms with E-state index in [1.165, 1.54) is 11.1 Å². The summed E-state index contributed by atoms with van der Waals surface area (Å²) in [5, 5.41) is 12.5. The van der Waals surface area contributed by atoms with Gasteiger partial charge in [-0.15, -0.1) is 0 Å². The summed E-state index contributed by atoms with van der Waals surface area (Å²) in [6.07, 6.45) is 4.33. The molecule has 0 radical (unpaired) electrons. The Labute approximate surface area is 220 Å². The van der Waals surface area contributed by atoms with Crippen molar-refractivity contribution in [2.45, 2.75) is 72.3 Å². The molecule has 0 spiro atoms. The minimum absolute atomic E-state index is 0.0146. The molecule has 196 valence electrons. The average molecular weight is 502 g/mol. The van der Waals surface area contributed by atoms with Crippen molar-refractivity contribution in [2.75, 3.05) is 5.73 Å². The highest BCUT2D eigenvalue weighted by atomic mass is 16.5. The number of aliphatic hydroxyl groups excluding tert-OH is 1. The number of ether oxygens (including phenoxy) is 1. The van der Waals surface area contributed by atoms with Gasteiger partial charge in [-0.25, -0.2) is 4.98 Å². The second kappa shape index (κ2) is 11.9. The molecule has 1 aromatic heterocycles. The van der Waals surface area contributed by atoms with Crippen molar-refractivity contribution in [3.8, 4) is 11.1 Å². The van der Waals surface area contributed by atoms with Crippen LogP contribution in [0.15, 0.2) is 54.7 Å². The summed E-state index contributed by atoms with van der Waals surface area (Å²) in [4.78, 5) is 17.7. The molecule has 4 atom stereocenters. The average Bonchev–Trinajstić information content (AvgIpc) is 2.90. The molecule has 0 bridgehead atoms. The Kier molecular flexibility index (Phi) is 8.62. The second-order valence-corrected chi connectivity index (χ2v) is 10.5. The molecule has 0 aliphatic heterocycles. The molecular weight excluding hydrogens is 462 g/mol. The quantitative estimate of drug-likeness (QED) is 0.382. The lowest BCUT2D eigenvalue weighted by molar-refractivity contribution is -0.0287. The van der Waals surface area contributed by atoms with Gasteiger partial charge in [0.05, 0.1) is 30.9 Å². The Hall–Kier alpha value is -3.22. The van der Waals surface area contributed by atoms with Crippen LogP contribution in [0, 0.1) is 18.8 Å². The van der Waals surface area contributed by atoms with Crippen LogP contribution in [0.3, 0.4) is 0 Å². The van der Waals surface area contributed by atoms with Gasteiger partial charge in [-0.3, -0.25) is 4.79 Å². The Morgan fingerprint density at radius 3 is 2.46 bits per heavy atom. The van der Waals surface area contributed by atoms with E-state index in [1.54, 1.807) is 12.3 Å². The van der Waals surface area contributed by atoms with Crippen molar-refractivity contribution in [2.24, 2.45) is 11.8 Å². The zero-order valence-electron chi connectivity index (χ0n) is 22.3. The molecule has 1 aliphatic rings. The predicted molar refractivity (Wildman–Crippen MR) is 148 cm³/mol. The highest BCUT2D eigenvalue weighted by molar-refractivity contribution is 5.99. The lowest BCUT2D eigenvalue weighted by Crippen LogP contribution is -2.50. The maximum atomic E-state index is 13.4. The lowest BCUT2D eigenvalue weighted by Gasteiger charge is -2.39. The van der Waals surface area contributed by atoms with Crippen LogP contribution in [0.25, 0.3) is 11.1 Å². The number of benzene rings is 2. The molecule has 1 fully saturated rings. The van der Waals surface area contributed by atoms with Gasteiger partial charge in [0.1, 0.15) is 5.82 Å². The van der Waals surface area contributed by atoms with Crippen molar-refractivity contribution in [3.63, 3.8) is 0 Å². The number of nitrogens with zero attached hydrogens (tertiary/aromatic N) is 1. The number of hydrogen-bond acceptors (Lipinski definition) is 5. The third-order valence-electron chi connectivity index (χ3n) is 7.86. The van der Waals surface area contributed by atoms with Gasteiger partial charge in [0.15, 0.2) is 0 Å². The summed E-state index contributed by atoms with van der Waals surface area (Å²) in [5.74, 6) is 0.958. The number of nitrogen functional groups attached to an aromatic ring is 1. The standard InChI is InChI=1S/C31H39N3O3/c1-5-24-14-23(7-6-19(24)2)18-37-29-13-21(4)20(3)12-28(29)34-31(36)27-15-26(16-33-30(27)32)25-10-8-22(17-35)9-11-25/h6-11,14-16,20-21,28-29,35H,5,12-13,17-18H2,1-4H3,(H2,32,33)(H,34,36). The highest BCUT2D eigenvalue weighted by Gasteiger charge is 2.35. The van der Waals surface area contributed by atoms with E-state index in [0.717, 1.165) is 41.5 Å². The topological polar surface area (TPSA) is 97.5 Å². The third kappa shape index (κ3) is 6.38. The summed E-state index contributed by atoms with van der Waals surface area (Å²) in [6.45, 7) is 9.31. The number of carbonyl (C=O) groups is 1. The maximum absolute atomic E-state index is 13.4. The molecule has 2 aromatic carbocycles. The monoisotopic (exact) mass is 501 g/mol. The molecule has 0 saturated heterocycles. The predicted octanol–water partition coefficient (Wildman–Crippen LogP) is 5.44. The number of pyridine rings is 1. The zero-order chi connectivity index (χ0) is 26.5. The lowest BCUT2D eigenvalue weighted by atomic mass is 9.77. The Bertz CT molecular complexity index is 1220. The van der Waals surface area contributed by atoms with E-state index in [9.17, 15) is 9.90 Å². The van der Waals surface area contributed by atoms with Crippen LogP contribution in [0.4, 0.5) is 5.82 Å². The first-order chi connectivity index (χ1) is 17.8. The van der Waals surface area contributed by atoms with E-state index >= 15 is 0 Å². The van der Waals surface area contributed by atoms with Crippen LogP contribution in [-0.2, 0) is 24.4 Å². The van der Waals surface area contributed by atoms with Crippen molar-refractivity contribution in [1.29, 1.82) is 0 Å². The van der Waals surface area contributed by atoms with E-state index < -0.39 is 0 Å². The molecule has 1 aliphatic carbocycles. The van der Waals surface area contributed by atoms with Crippen LogP contribution in [0.2, 0.25) is 0 Å². The van der Waals surface area contributed by atoms with Gasteiger partial charge in [-0.1, -0.05) is 63.2 Å². The Balaban J connectivity index is 1.50. The van der Waals surface area contributed by atoms with Gasteiger partial charge in [-0.05, 0) is 71.9 Å². The molecule has 4 unspecified atom stereocenters. The second-order valence-electron chi connectivity index (χ2n) is 10.5. The number of nitrogens with two attached hydrogens (primary N) is 1. The van der Waals surface area contributed by atoms with E-state index in [1.807, 2.05) is 24.3 Å². The smallest absolute Gasteiger partial charge is 0.255 e. The van der Waals surface area contributed by atoms with Crippen LogP contribution < -0.4 is 11.1 Å². The summed E-state index contributed by atoms with van der Waals surface area (Å²) in [6, 6.07) is 15.7. The summed E-state index contributed by atoms with van der Waals surface area (Å²) >= 11 is 0. The fourth-order valence-corrected chi connectivity index (χ4v) is 5.15. The van der Waals surface area contributed by atoms with Crippen molar-refractivity contribution < 1.29 is 14.6 Å². The Morgan fingerprint density at radius 2 is 1.76 bits per heavy atom. The van der Waals surface area contributed by atoms with Crippen molar-refractivity contribution in [3.05, 3.63) is 82.5 Å². The van der Waals surface area contributed by atoms with Crippen LogP contribution in [0.1, 0.15) is 66.2 Å². The molecule has 4 rings (SSSR count). The number of amides is 1. The zero-order valence-corrected chi connectivity index (χ0v) is 22.3. The fourth-order valence-electron chi connectivity index (χ4n) is 5.15. The van der Waals surface area contributed by atoms with Gasteiger partial charge in [0.2, 0.25) is 0 Å². The van der Waals surface area contributed by atoms with Crippen LogP contribution >= 0.6 is 0 Å². The summed E-state index contributed by atoms with van der Waals surface area (Å²) < 4.78 is 6.44.